The van der Waals surface area contributed by atoms with Crippen LogP contribution in [0.15, 0.2) is 30.3 Å². The van der Waals surface area contributed by atoms with Gasteiger partial charge in [-0.25, -0.2) is 8.42 Å². The largest absolute Gasteiger partial charge is 0.352 e. The van der Waals surface area contributed by atoms with Crippen molar-refractivity contribution in [2.24, 2.45) is 17.8 Å². The second-order valence-corrected chi connectivity index (χ2v) is 11.3. The molecule has 2 fully saturated rings. The molecule has 0 spiro atoms. The second kappa shape index (κ2) is 9.14. The van der Waals surface area contributed by atoms with Crippen molar-refractivity contribution in [1.29, 1.82) is 0 Å². The summed E-state index contributed by atoms with van der Waals surface area (Å²) in [6.07, 6.45) is 3.79. The van der Waals surface area contributed by atoms with Crippen molar-refractivity contribution in [3.63, 3.8) is 0 Å². The summed E-state index contributed by atoms with van der Waals surface area (Å²) in [5.74, 6) is 1.14. The summed E-state index contributed by atoms with van der Waals surface area (Å²) in [6, 6.07) is 9.98. The van der Waals surface area contributed by atoms with Crippen molar-refractivity contribution in [1.82, 2.24) is 14.5 Å². The molecule has 1 amide bonds. The number of amides is 1. The number of likely N-dealkylation sites (N-methyl/N-ethyl adjacent to an activating group) is 1. The molecule has 0 aromatic heterocycles. The topological polar surface area (TPSA) is 69.7 Å². The Morgan fingerprint density at radius 3 is 2.52 bits per heavy atom. The van der Waals surface area contributed by atoms with Crippen molar-refractivity contribution >= 4 is 15.9 Å². The van der Waals surface area contributed by atoms with E-state index in [9.17, 15) is 13.2 Å². The Morgan fingerprint density at radius 2 is 1.90 bits per heavy atom. The molecule has 6 nitrogen and oxygen atoms in total. The fraction of sp³-hybridized carbons (Fsp3) is 0.682. The van der Waals surface area contributed by atoms with Gasteiger partial charge in [-0.2, -0.15) is 4.31 Å². The predicted molar refractivity (Wildman–Crippen MR) is 116 cm³/mol. The second-order valence-electron chi connectivity index (χ2n) is 9.22. The van der Waals surface area contributed by atoms with Gasteiger partial charge >= 0.3 is 0 Å². The maximum atomic E-state index is 13.1. The van der Waals surface area contributed by atoms with Gasteiger partial charge in [0, 0.05) is 32.7 Å². The number of fused-ring (bicyclic) bond motifs is 1. The van der Waals surface area contributed by atoms with E-state index in [2.05, 4.69) is 34.5 Å². The first-order chi connectivity index (χ1) is 13.6. The number of carbonyl (C=O) groups is 1. The van der Waals surface area contributed by atoms with E-state index >= 15 is 0 Å². The van der Waals surface area contributed by atoms with Gasteiger partial charge in [-0.05, 0) is 42.6 Å². The number of sulfonamides is 1. The summed E-state index contributed by atoms with van der Waals surface area (Å²) in [5.41, 5.74) is 1.32. The molecule has 2 unspecified atom stereocenters. The first-order valence-electron chi connectivity index (χ1n) is 10.6. The molecular formula is C22H35N3O3S. The third kappa shape index (κ3) is 5.58. The van der Waals surface area contributed by atoms with Crippen LogP contribution in [0.4, 0.5) is 0 Å². The molecule has 162 valence electrons. The molecule has 7 heteroatoms. The molecule has 0 radical (unpaired) electrons. The zero-order chi connectivity index (χ0) is 21.2. The maximum absolute atomic E-state index is 13.1. The first-order valence-corrected chi connectivity index (χ1v) is 12.5. The predicted octanol–water partition coefficient (Wildman–Crippen LogP) is 2.32. The van der Waals surface area contributed by atoms with Gasteiger partial charge in [-0.1, -0.05) is 44.2 Å². The van der Waals surface area contributed by atoms with Crippen LogP contribution in [0.5, 0.6) is 0 Å². The summed E-state index contributed by atoms with van der Waals surface area (Å²) in [7, 11) is -1.91. The molecule has 1 aliphatic heterocycles. The molecule has 2 aliphatic rings. The number of hydrogen-bond donors (Lipinski definition) is 1. The number of hydrogen-bond acceptors (Lipinski definition) is 4. The maximum Gasteiger partial charge on any atom is 0.238 e. The summed E-state index contributed by atoms with van der Waals surface area (Å²) >= 11 is 0. The van der Waals surface area contributed by atoms with Gasteiger partial charge < -0.3 is 5.32 Å². The van der Waals surface area contributed by atoms with E-state index in [-0.39, 0.29) is 17.9 Å². The van der Waals surface area contributed by atoms with Gasteiger partial charge in [-0.3, -0.25) is 9.69 Å². The highest BCUT2D eigenvalue weighted by Crippen LogP contribution is 2.38. The monoisotopic (exact) mass is 421 g/mol. The van der Waals surface area contributed by atoms with Gasteiger partial charge in [0.2, 0.25) is 15.9 Å². The fourth-order valence-electron chi connectivity index (χ4n) is 4.88. The van der Waals surface area contributed by atoms with Crippen LogP contribution in [-0.4, -0.2) is 62.0 Å². The number of likely N-dealkylation sites (tertiary alicyclic amines) is 1. The highest BCUT2D eigenvalue weighted by Gasteiger charge is 2.44. The lowest BCUT2D eigenvalue weighted by Gasteiger charge is -2.29. The first kappa shape index (κ1) is 22.2. The van der Waals surface area contributed by atoms with Crippen LogP contribution < -0.4 is 5.32 Å². The van der Waals surface area contributed by atoms with Crippen molar-refractivity contribution < 1.29 is 13.2 Å². The molecule has 4 atom stereocenters. The van der Waals surface area contributed by atoms with Crippen LogP contribution in [0.3, 0.4) is 0 Å². The summed E-state index contributed by atoms with van der Waals surface area (Å²) in [5, 5.41) is 3.22. The van der Waals surface area contributed by atoms with Gasteiger partial charge in [-0.15, -0.1) is 0 Å². The smallest absolute Gasteiger partial charge is 0.238 e. The lowest BCUT2D eigenvalue weighted by Crippen LogP contribution is -2.51. The zero-order valence-corrected chi connectivity index (χ0v) is 18.9. The molecule has 1 N–H and O–H groups in total. The molecule has 1 saturated carbocycles. The number of nitrogens with one attached hydrogen (secondary N) is 1. The summed E-state index contributed by atoms with van der Waals surface area (Å²) in [6.45, 7) is 7.04. The molecule has 1 aromatic rings. The van der Waals surface area contributed by atoms with Crippen molar-refractivity contribution in [3.8, 4) is 0 Å². The lowest BCUT2D eigenvalue weighted by atomic mass is 9.97. The lowest BCUT2D eigenvalue weighted by molar-refractivity contribution is -0.126. The molecule has 3 rings (SSSR count). The minimum Gasteiger partial charge on any atom is -0.352 e. The van der Waals surface area contributed by atoms with Gasteiger partial charge in [0.15, 0.2) is 0 Å². The molecule has 0 bridgehead atoms. The average molecular weight is 422 g/mol. The standard InChI is InChI=1S/C22H35N3O3S/c1-16(2)12-21(24(3)29(4,27)28)22(26)23-20-11-10-18-14-25(15-19(18)20)13-17-8-6-5-7-9-17/h5-9,16,18-21H,10-15H2,1-4H3,(H,23,26)/t18-,19?,20?,21-/m0/s1. The molecule has 29 heavy (non-hydrogen) atoms. The molecular weight excluding hydrogens is 386 g/mol. The Kier molecular flexibility index (Phi) is 7.02. The Morgan fingerprint density at radius 1 is 1.21 bits per heavy atom. The molecule has 1 saturated heterocycles. The van der Waals surface area contributed by atoms with Crippen LogP contribution in [0.25, 0.3) is 0 Å². The van der Waals surface area contributed by atoms with Crippen LogP contribution in [0.1, 0.15) is 38.7 Å². The van der Waals surface area contributed by atoms with Crippen LogP contribution in [0.2, 0.25) is 0 Å². The third-order valence-electron chi connectivity index (χ3n) is 6.47. The Balaban J connectivity index is 1.62. The van der Waals surface area contributed by atoms with E-state index in [0.717, 1.165) is 38.7 Å². The fourth-order valence-corrected chi connectivity index (χ4v) is 5.53. The van der Waals surface area contributed by atoms with Crippen molar-refractivity contribution in [2.75, 3.05) is 26.4 Å². The quantitative estimate of drug-likeness (QED) is 0.699. The van der Waals surface area contributed by atoms with Crippen LogP contribution in [-0.2, 0) is 21.4 Å². The normalized spacial score (nSPS) is 26.1. The molecule has 1 heterocycles. The summed E-state index contributed by atoms with van der Waals surface area (Å²) < 4.78 is 25.3. The minimum absolute atomic E-state index is 0.135. The van der Waals surface area contributed by atoms with Crippen LogP contribution >= 0.6 is 0 Å². The number of benzene rings is 1. The van der Waals surface area contributed by atoms with E-state index < -0.39 is 16.1 Å². The Labute approximate surface area is 175 Å². The van der Waals surface area contributed by atoms with Crippen molar-refractivity contribution in [2.45, 2.75) is 51.7 Å². The van der Waals surface area contributed by atoms with E-state index in [1.54, 1.807) is 0 Å². The third-order valence-corrected chi connectivity index (χ3v) is 7.77. The van der Waals surface area contributed by atoms with Gasteiger partial charge in [0.25, 0.3) is 0 Å². The average Bonchev–Trinajstić information content (AvgIpc) is 3.20. The number of rotatable bonds is 8. The zero-order valence-electron chi connectivity index (χ0n) is 18.0. The van der Waals surface area contributed by atoms with Crippen molar-refractivity contribution in [3.05, 3.63) is 35.9 Å². The van der Waals surface area contributed by atoms with E-state index in [0.29, 0.717) is 18.3 Å². The molecule has 1 aromatic carbocycles. The van der Waals surface area contributed by atoms with Gasteiger partial charge in [0.1, 0.15) is 6.04 Å². The van der Waals surface area contributed by atoms with E-state index in [4.69, 9.17) is 0 Å². The highest BCUT2D eigenvalue weighted by molar-refractivity contribution is 7.88. The number of nitrogens with zero attached hydrogens (tertiary/aromatic N) is 2. The number of carbonyl (C=O) groups excluding carboxylic acids is 1. The Bertz CT molecular complexity index is 797. The highest BCUT2D eigenvalue weighted by atomic mass is 32.2. The van der Waals surface area contributed by atoms with E-state index in [1.807, 2.05) is 19.9 Å². The Hall–Kier alpha value is -1.44. The summed E-state index contributed by atoms with van der Waals surface area (Å²) in [4.78, 5) is 15.5. The van der Waals surface area contributed by atoms with Gasteiger partial charge in [0.05, 0.1) is 6.26 Å². The minimum atomic E-state index is -3.42. The van der Waals surface area contributed by atoms with E-state index in [1.165, 1.54) is 16.9 Å². The van der Waals surface area contributed by atoms with Crippen LogP contribution in [0, 0.1) is 17.8 Å². The SMILES string of the molecule is CC(C)C[C@@H](C(=O)NC1CC[C@H]2CN(Cc3ccccc3)CC12)N(C)S(C)(=O)=O. The molecule has 1 aliphatic carbocycles.